The Hall–Kier alpha value is -2.80. The summed E-state index contributed by atoms with van der Waals surface area (Å²) in [6.07, 6.45) is 2.00. The van der Waals surface area contributed by atoms with Gasteiger partial charge in [0.25, 0.3) is 5.91 Å². The van der Waals surface area contributed by atoms with Gasteiger partial charge in [-0.1, -0.05) is 6.07 Å². The minimum Gasteiger partial charge on any atom is -0.489 e. The predicted octanol–water partition coefficient (Wildman–Crippen LogP) is 2.87. The van der Waals surface area contributed by atoms with E-state index < -0.39 is 0 Å². The number of carbonyl (C=O) groups excluding carboxylic acids is 1. The van der Waals surface area contributed by atoms with Crippen molar-refractivity contribution in [3.63, 3.8) is 0 Å². The Labute approximate surface area is 174 Å². The molecule has 3 saturated heterocycles. The maximum atomic E-state index is 13.3. The van der Waals surface area contributed by atoms with Gasteiger partial charge in [0.05, 0.1) is 0 Å². The Morgan fingerprint density at radius 3 is 2.80 bits per heavy atom. The Balaban J connectivity index is 1.18. The van der Waals surface area contributed by atoms with Crippen LogP contribution in [-0.4, -0.2) is 55.8 Å². The maximum Gasteiger partial charge on any atom is 0.251 e. The van der Waals surface area contributed by atoms with Crippen molar-refractivity contribution >= 4 is 5.91 Å². The summed E-state index contributed by atoms with van der Waals surface area (Å²) in [5.41, 5.74) is 0.572. The number of carbonyl (C=O) groups is 1. The lowest BCUT2D eigenvalue weighted by atomic mass is 9.84. The van der Waals surface area contributed by atoms with E-state index in [1.807, 2.05) is 0 Å². The first-order valence-corrected chi connectivity index (χ1v) is 10.5. The third kappa shape index (κ3) is 4.07. The summed E-state index contributed by atoms with van der Waals surface area (Å²) in [7, 11) is 0. The Morgan fingerprint density at radius 2 is 2.03 bits per heavy atom. The van der Waals surface area contributed by atoms with Crippen LogP contribution in [0.3, 0.4) is 0 Å². The van der Waals surface area contributed by atoms with Crippen molar-refractivity contribution in [3.8, 4) is 17.2 Å². The molecule has 3 fully saturated rings. The van der Waals surface area contributed by atoms with Crippen molar-refractivity contribution in [1.82, 2.24) is 10.2 Å². The standard InChI is InChI=1S/C23H25FN2O4/c24-17-2-1-3-18(11-17)28-13-19-14-29-22-10-16(4-5-21(22)30-19)23(27)25-20-12-26-8-6-15(20)7-9-26/h1-5,10-11,15,19-20H,6-9,12-14H2,(H,25,27)/t19-,20-/m0/s1. The normalized spacial score (nSPS) is 26.8. The van der Waals surface area contributed by atoms with E-state index in [0.29, 0.717) is 35.3 Å². The summed E-state index contributed by atoms with van der Waals surface area (Å²) >= 11 is 0. The van der Waals surface area contributed by atoms with Gasteiger partial charge in [-0.3, -0.25) is 4.79 Å². The van der Waals surface area contributed by atoms with E-state index in [0.717, 1.165) is 32.5 Å². The molecule has 0 saturated carbocycles. The minimum absolute atomic E-state index is 0.0725. The van der Waals surface area contributed by atoms with E-state index in [9.17, 15) is 9.18 Å². The highest BCUT2D eigenvalue weighted by Crippen LogP contribution is 2.33. The molecule has 2 aromatic carbocycles. The summed E-state index contributed by atoms with van der Waals surface area (Å²) in [5, 5.41) is 3.20. The molecule has 0 radical (unpaired) electrons. The molecule has 0 spiro atoms. The predicted molar refractivity (Wildman–Crippen MR) is 109 cm³/mol. The molecule has 2 bridgehead atoms. The smallest absolute Gasteiger partial charge is 0.251 e. The molecule has 4 heterocycles. The van der Waals surface area contributed by atoms with Gasteiger partial charge in [0.1, 0.15) is 24.8 Å². The van der Waals surface area contributed by atoms with E-state index >= 15 is 0 Å². The molecule has 2 aromatic rings. The van der Waals surface area contributed by atoms with Gasteiger partial charge >= 0.3 is 0 Å². The number of piperidine rings is 3. The van der Waals surface area contributed by atoms with Crippen molar-refractivity contribution in [3.05, 3.63) is 53.8 Å². The third-order valence-electron chi connectivity index (χ3n) is 6.13. The number of halogens is 1. The number of ether oxygens (including phenoxy) is 3. The molecule has 6 rings (SSSR count). The zero-order chi connectivity index (χ0) is 20.5. The fourth-order valence-corrected chi connectivity index (χ4v) is 4.46. The average molecular weight is 412 g/mol. The summed E-state index contributed by atoms with van der Waals surface area (Å²) < 4.78 is 30.6. The van der Waals surface area contributed by atoms with E-state index in [2.05, 4.69) is 10.2 Å². The monoisotopic (exact) mass is 412 g/mol. The highest BCUT2D eigenvalue weighted by molar-refractivity contribution is 5.95. The molecular formula is C23H25FN2O4. The van der Waals surface area contributed by atoms with Gasteiger partial charge in [-0.15, -0.1) is 0 Å². The average Bonchev–Trinajstić information content (AvgIpc) is 2.78. The molecule has 0 aromatic heterocycles. The summed E-state index contributed by atoms with van der Waals surface area (Å²) in [4.78, 5) is 15.2. The van der Waals surface area contributed by atoms with Crippen LogP contribution in [0.1, 0.15) is 23.2 Å². The van der Waals surface area contributed by atoms with Gasteiger partial charge in [-0.2, -0.15) is 0 Å². The number of fused-ring (bicyclic) bond motifs is 4. The van der Waals surface area contributed by atoms with E-state index in [1.54, 1.807) is 30.3 Å². The molecule has 7 heteroatoms. The van der Waals surface area contributed by atoms with E-state index in [1.165, 1.54) is 12.1 Å². The number of nitrogens with zero attached hydrogens (tertiary/aromatic N) is 1. The highest BCUT2D eigenvalue weighted by atomic mass is 19.1. The molecule has 1 N–H and O–H groups in total. The zero-order valence-corrected chi connectivity index (χ0v) is 16.7. The molecule has 0 unspecified atom stereocenters. The fourth-order valence-electron chi connectivity index (χ4n) is 4.46. The molecule has 30 heavy (non-hydrogen) atoms. The van der Waals surface area contributed by atoms with Gasteiger partial charge in [0.2, 0.25) is 0 Å². The van der Waals surface area contributed by atoms with Crippen molar-refractivity contribution in [2.75, 3.05) is 32.8 Å². The van der Waals surface area contributed by atoms with Crippen LogP contribution in [0.25, 0.3) is 0 Å². The molecule has 158 valence electrons. The highest BCUT2D eigenvalue weighted by Gasteiger charge is 2.35. The van der Waals surface area contributed by atoms with Crippen LogP contribution in [-0.2, 0) is 0 Å². The number of hydrogen-bond donors (Lipinski definition) is 1. The largest absolute Gasteiger partial charge is 0.489 e. The quantitative estimate of drug-likeness (QED) is 0.819. The van der Waals surface area contributed by atoms with Gasteiger partial charge in [0.15, 0.2) is 17.6 Å². The summed E-state index contributed by atoms with van der Waals surface area (Å²) in [5.74, 6) is 1.74. The Kier molecular flexibility index (Phi) is 5.21. The molecule has 4 aliphatic rings. The van der Waals surface area contributed by atoms with Crippen molar-refractivity contribution in [1.29, 1.82) is 0 Å². The number of amides is 1. The second kappa shape index (κ2) is 8.14. The molecule has 6 nitrogen and oxygen atoms in total. The number of nitrogens with one attached hydrogen (secondary N) is 1. The van der Waals surface area contributed by atoms with Gasteiger partial charge in [0, 0.05) is 24.2 Å². The third-order valence-corrected chi connectivity index (χ3v) is 6.13. The lowest BCUT2D eigenvalue weighted by Crippen LogP contribution is -2.57. The Morgan fingerprint density at radius 1 is 1.17 bits per heavy atom. The lowest BCUT2D eigenvalue weighted by molar-refractivity contribution is 0.0530. The lowest BCUT2D eigenvalue weighted by Gasteiger charge is -2.44. The molecular weight excluding hydrogens is 387 g/mol. The van der Waals surface area contributed by atoms with Crippen LogP contribution in [0.4, 0.5) is 4.39 Å². The van der Waals surface area contributed by atoms with Crippen LogP contribution >= 0.6 is 0 Å². The van der Waals surface area contributed by atoms with Crippen LogP contribution in [0, 0.1) is 11.7 Å². The van der Waals surface area contributed by atoms with Gasteiger partial charge in [-0.05, 0) is 62.2 Å². The number of rotatable bonds is 5. The number of benzene rings is 2. The summed E-state index contributed by atoms with van der Waals surface area (Å²) in [6.45, 7) is 3.77. The van der Waals surface area contributed by atoms with Crippen molar-refractivity contribution in [2.45, 2.75) is 25.0 Å². The first kappa shape index (κ1) is 19.2. The van der Waals surface area contributed by atoms with Crippen molar-refractivity contribution < 1.29 is 23.4 Å². The maximum absolute atomic E-state index is 13.3. The fraction of sp³-hybridized carbons (Fsp3) is 0.435. The van der Waals surface area contributed by atoms with Gasteiger partial charge < -0.3 is 24.4 Å². The second-order valence-electron chi connectivity index (χ2n) is 8.20. The first-order valence-electron chi connectivity index (χ1n) is 10.5. The van der Waals surface area contributed by atoms with Gasteiger partial charge in [-0.25, -0.2) is 4.39 Å². The van der Waals surface area contributed by atoms with Crippen LogP contribution in [0.2, 0.25) is 0 Å². The number of hydrogen-bond acceptors (Lipinski definition) is 5. The van der Waals surface area contributed by atoms with Crippen molar-refractivity contribution in [2.24, 2.45) is 5.92 Å². The van der Waals surface area contributed by atoms with Crippen LogP contribution in [0.5, 0.6) is 17.2 Å². The first-order chi connectivity index (χ1) is 14.6. The van der Waals surface area contributed by atoms with Crippen LogP contribution < -0.4 is 19.5 Å². The molecule has 0 aliphatic carbocycles. The molecule has 2 atom stereocenters. The van der Waals surface area contributed by atoms with E-state index in [4.69, 9.17) is 14.2 Å². The zero-order valence-electron chi connectivity index (χ0n) is 16.7. The topological polar surface area (TPSA) is 60.0 Å². The Bertz CT molecular complexity index is 929. The second-order valence-corrected chi connectivity index (χ2v) is 8.20. The summed E-state index contributed by atoms with van der Waals surface area (Å²) in [6, 6.07) is 11.5. The molecule has 4 aliphatic heterocycles. The van der Waals surface area contributed by atoms with E-state index in [-0.39, 0.29) is 30.5 Å². The molecule has 1 amide bonds. The SMILES string of the molecule is O=C(N[C@H]1CN2CCC1CC2)c1ccc2c(c1)OC[C@H](COc1cccc(F)c1)O2. The minimum atomic E-state index is -0.345. The van der Waals surface area contributed by atoms with Crippen LogP contribution in [0.15, 0.2) is 42.5 Å².